The van der Waals surface area contributed by atoms with Gasteiger partial charge in [-0.1, -0.05) is 5.92 Å². The summed E-state index contributed by atoms with van der Waals surface area (Å²) in [5.74, 6) is 6.72. The van der Waals surface area contributed by atoms with Crippen molar-refractivity contribution < 1.29 is 0 Å². The molecule has 0 amide bonds. The lowest BCUT2D eigenvalue weighted by atomic mass is 10.1. The lowest BCUT2D eigenvalue weighted by Crippen LogP contribution is -2.28. The summed E-state index contributed by atoms with van der Waals surface area (Å²) in [6.45, 7) is 7.01. The number of hydrogen-bond donors (Lipinski definition) is 1. The summed E-state index contributed by atoms with van der Waals surface area (Å²) in [7, 11) is 0. The van der Waals surface area contributed by atoms with Crippen LogP contribution >= 0.6 is 0 Å². The van der Waals surface area contributed by atoms with E-state index in [9.17, 15) is 0 Å². The molecule has 1 rings (SSSR count). The first-order valence-electron chi connectivity index (χ1n) is 4.61. The molecule has 1 saturated heterocycles. The maximum atomic E-state index is 5.62. The smallest absolute Gasteiger partial charge is 0.0603 e. The maximum absolute atomic E-state index is 5.62. The molecule has 1 aliphatic rings. The number of nitrogens with two attached hydrogens (primary N) is 1. The van der Waals surface area contributed by atoms with E-state index in [1.165, 1.54) is 6.42 Å². The third-order valence-corrected chi connectivity index (χ3v) is 2.58. The molecule has 0 spiro atoms. The Bertz CT molecular complexity index is 190. The van der Waals surface area contributed by atoms with Crippen molar-refractivity contribution in [2.75, 3.05) is 19.6 Å². The molecule has 2 atom stereocenters. The predicted molar refractivity (Wildman–Crippen MR) is 51.6 cm³/mol. The molecule has 12 heavy (non-hydrogen) atoms. The molecule has 1 fully saturated rings. The monoisotopic (exact) mass is 166 g/mol. The van der Waals surface area contributed by atoms with Gasteiger partial charge in [0, 0.05) is 12.6 Å². The average Bonchev–Trinajstić information content (AvgIpc) is 2.43. The van der Waals surface area contributed by atoms with E-state index < -0.39 is 0 Å². The van der Waals surface area contributed by atoms with E-state index in [4.69, 9.17) is 5.73 Å². The zero-order valence-electron chi connectivity index (χ0n) is 8.01. The van der Waals surface area contributed by atoms with Crippen LogP contribution in [-0.4, -0.2) is 30.6 Å². The Morgan fingerprint density at radius 2 is 2.33 bits per heavy atom. The molecule has 0 aromatic heterocycles. The van der Waals surface area contributed by atoms with Gasteiger partial charge in [0.05, 0.1) is 6.54 Å². The molecule has 0 aliphatic carbocycles. The summed E-state index contributed by atoms with van der Waals surface area (Å²) in [4.78, 5) is 2.41. The number of rotatable bonds is 2. The highest BCUT2D eigenvalue weighted by molar-refractivity contribution is 5.00. The van der Waals surface area contributed by atoms with Crippen molar-refractivity contribution in [1.82, 2.24) is 4.90 Å². The molecule has 1 aliphatic heterocycles. The Morgan fingerprint density at radius 3 is 2.83 bits per heavy atom. The summed E-state index contributed by atoms with van der Waals surface area (Å²) in [5.41, 5.74) is 5.62. The Morgan fingerprint density at radius 1 is 1.58 bits per heavy atom. The fourth-order valence-electron chi connectivity index (χ4n) is 1.79. The van der Waals surface area contributed by atoms with Crippen molar-refractivity contribution in [3.8, 4) is 11.8 Å². The van der Waals surface area contributed by atoms with E-state index in [2.05, 4.69) is 23.7 Å². The zero-order valence-corrected chi connectivity index (χ0v) is 8.01. The Balaban J connectivity index is 2.38. The summed E-state index contributed by atoms with van der Waals surface area (Å²) >= 11 is 0. The summed E-state index contributed by atoms with van der Waals surface area (Å²) in [5, 5.41) is 0. The molecule has 2 heteroatoms. The summed E-state index contributed by atoms with van der Waals surface area (Å²) in [6.07, 6.45) is 1.24. The van der Waals surface area contributed by atoms with Crippen LogP contribution in [0, 0.1) is 17.8 Å². The molecule has 2 nitrogen and oxygen atoms in total. The van der Waals surface area contributed by atoms with Crippen molar-refractivity contribution >= 4 is 0 Å². The van der Waals surface area contributed by atoms with Gasteiger partial charge in [-0.25, -0.2) is 0 Å². The summed E-state index contributed by atoms with van der Waals surface area (Å²) in [6, 6.07) is 0.666. The second-order valence-electron chi connectivity index (χ2n) is 3.54. The normalized spacial score (nSPS) is 29.9. The highest BCUT2D eigenvalue weighted by atomic mass is 15.2. The first-order valence-corrected chi connectivity index (χ1v) is 4.61. The van der Waals surface area contributed by atoms with Crippen LogP contribution in [0.25, 0.3) is 0 Å². The van der Waals surface area contributed by atoms with Gasteiger partial charge in [0.1, 0.15) is 0 Å². The third kappa shape index (κ3) is 2.23. The molecule has 2 unspecified atom stereocenters. The van der Waals surface area contributed by atoms with Gasteiger partial charge in [0.2, 0.25) is 0 Å². The fraction of sp³-hybridized carbons (Fsp3) is 0.800. The van der Waals surface area contributed by atoms with Crippen LogP contribution in [0.5, 0.6) is 0 Å². The molecule has 1 heterocycles. The highest BCUT2D eigenvalue weighted by Crippen LogP contribution is 2.20. The van der Waals surface area contributed by atoms with Crippen LogP contribution in [0.3, 0.4) is 0 Å². The molecule has 0 aromatic carbocycles. The first-order chi connectivity index (χ1) is 5.77. The minimum Gasteiger partial charge on any atom is -0.330 e. The van der Waals surface area contributed by atoms with Gasteiger partial charge in [-0.05, 0) is 32.7 Å². The number of likely N-dealkylation sites (tertiary alicyclic amines) is 1. The van der Waals surface area contributed by atoms with Crippen molar-refractivity contribution in [3.05, 3.63) is 0 Å². The minimum atomic E-state index is 0.666. The van der Waals surface area contributed by atoms with Gasteiger partial charge in [0.15, 0.2) is 0 Å². The maximum Gasteiger partial charge on any atom is 0.0603 e. The molecule has 68 valence electrons. The van der Waals surface area contributed by atoms with Crippen LogP contribution < -0.4 is 5.73 Å². The van der Waals surface area contributed by atoms with Gasteiger partial charge in [-0.3, -0.25) is 4.90 Å². The van der Waals surface area contributed by atoms with Crippen molar-refractivity contribution in [2.24, 2.45) is 11.7 Å². The largest absolute Gasteiger partial charge is 0.330 e. The third-order valence-electron chi connectivity index (χ3n) is 2.58. The fourth-order valence-corrected chi connectivity index (χ4v) is 1.79. The van der Waals surface area contributed by atoms with Crippen molar-refractivity contribution in [2.45, 2.75) is 26.3 Å². The van der Waals surface area contributed by atoms with Crippen molar-refractivity contribution in [1.29, 1.82) is 0 Å². The summed E-state index contributed by atoms with van der Waals surface area (Å²) < 4.78 is 0. The highest BCUT2D eigenvalue weighted by Gasteiger charge is 2.26. The molecule has 0 saturated carbocycles. The van der Waals surface area contributed by atoms with E-state index in [0.717, 1.165) is 19.6 Å². The topological polar surface area (TPSA) is 29.3 Å². The molecule has 0 aromatic rings. The molecular formula is C10H18N2. The van der Waals surface area contributed by atoms with Gasteiger partial charge < -0.3 is 5.73 Å². The quantitative estimate of drug-likeness (QED) is 0.611. The number of hydrogen-bond acceptors (Lipinski definition) is 2. The van der Waals surface area contributed by atoms with E-state index in [-0.39, 0.29) is 0 Å². The van der Waals surface area contributed by atoms with E-state index in [0.29, 0.717) is 12.0 Å². The molecule has 2 N–H and O–H groups in total. The lowest BCUT2D eigenvalue weighted by molar-refractivity contribution is 0.298. The Hall–Kier alpha value is -0.520. The molecule has 0 bridgehead atoms. The van der Waals surface area contributed by atoms with Crippen LogP contribution in [-0.2, 0) is 0 Å². The molecule has 0 radical (unpaired) electrons. The standard InChI is InChI=1S/C10H18N2/c1-3-4-5-12-8-10(7-11)6-9(12)2/h9-10H,5-8,11H2,1-2H3. The molecular weight excluding hydrogens is 148 g/mol. The Kier molecular flexibility index (Phi) is 3.58. The van der Waals surface area contributed by atoms with Crippen LogP contribution in [0.4, 0.5) is 0 Å². The number of nitrogens with zero attached hydrogens (tertiary/aromatic N) is 1. The van der Waals surface area contributed by atoms with Gasteiger partial charge in [-0.15, -0.1) is 5.92 Å². The van der Waals surface area contributed by atoms with Gasteiger partial charge >= 0.3 is 0 Å². The van der Waals surface area contributed by atoms with E-state index >= 15 is 0 Å². The zero-order chi connectivity index (χ0) is 8.97. The SMILES string of the molecule is CC#CCN1CC(CN)CC1C. The minimum absolute atomic E-state index is 0.666. The van der Waals surface area contributed by atoms with Crippen LogP contribution in [0.15, 0.2) is 0 Å². The van der Waals surface area contributed by atoms with E-state index in [1.54, 1.807) is 0 Å². The van der Waals surface area contributed by atoms with Crippen molar-refractivity contribution in [3.63, 3.8) is 0 Å². The Labute approximate surface area is 75.1 Å². The van der Waals surface area contributed by atoms with Crippen LogP contribution in [0.2, 0.25) is 0 Å². The average molecular weight is 166 g/mol. The van der Waals surface area contributed by atoms with E-state index in [1.807, 2.05) is 6.92 Å². The second-order valence-corrected chi connectivity index (χ2v) is 3.54. The predicted octanol–water partition coefficient (Wildman–Crippen LogP) is 0.679. The van der Waals surface area contributed by atoms with Crippen LogP contribution in [0.1, 0.15) is 20.3 Å². The first kappa shape index (κ1) is 9.57. The van der Waals surface area contributed by atoms with Gasteiger partial charge in [0.25, 0.3) is 0 Å². The lowest BCUT2D eigenvalue weighted by Gasteiger charge is -2.17. The second kappa shape index (κ2) is 4.49. The van der Waals surface area contributed by atoms with Gasteiger partial charge in [-0.2, -0.15) is 0 Å².